The Labute approximate surface area is 151 Å². The molecule has 2 N–H and O–H groups in total. The Balaban J connectivity index is 1.91. The van der Waals surface area contributed by atoms with Crippen molar-refractivity contribution in [3.8, 4) is 5.75 Å². The minimum atomic E-state index is -4.90. The second-order valence-electron chi connectivity index (χ2n) is 6.71. The highest BCUT2D eigenvalue weighted by atomic mass is 19.4. The highest BCUT2D eigenvalue weighted by Crippen LogP contribution is 2.30. The number of rotatable bonds is 6. The minimum absolute atomic E-state index is 0.252. The number of amides is 1. The van der Waals surface area contributed by atoms with Crippen LogP contribution in [0.25, 0.3) is 6.08 Å². The molecule has 0 aromatic heterocycles. The number of alkyl halides is 3. The van der Waals surface area contributed by atoms with E-state index in [0.29, 0.717) is 5.75 Å². The van der Waals surface area contributed by atoms with Gasteiger partial charge in [0.05, 0.1) is 12.1 Å². The summed E-state index contributed by atoms with van der Waals surface area (Å²) in [5, 5.41) is 12.3. The third-order valence-corrected chi connectivity index (χ3v) is 4.31. The molecule has 1 saturated carbocycles. The van der Waals surface area contributed by atoms with Gasteiger partial charge in [-0.2, -0.15) is 13.2 Å². The number of benzene rings is 1. The molecule has 0 unspecified atom stereocenters. The number of aliphatic hydroxyl groups is 1. The average molecular weight is 371 g/mol. The third kappa shape index (κ3) is 6.37. The van der Waals surface area contributed by atoms with Crippen LogP contribution in [0.3, 0.4) is 0 Å². The lowest BCUT2D eigenvalue weighted by Gasteiger charge is -2.28. The summed E-state index contributed by atoms with van der Waals surface area (Å²) in [7, 11) is 0. The summed E-state index contributed by atoms with van der Waals surface area (Å²) >= 11 is 0. The molecule has 0 aliphatic heterocycles. The van der Waals surface area contributed by atoms with Gasteiger partial charge in [-0.1, -0.05) is 43.5 Å². The van der Waals surface area contributed by atoms with Gasteiger partial charge < -0.3 is 15.2 Å². The van der Waals surface area contributed by atoms with Gasteiger partial charge in [-0.15, -0.1) is 0 Å². The van der Waals surface area contributed by atoms with E-state index in [9.17, 15) is 23.1 Å². The fourth-order valence-corrected chi connectivity index (χ4v) is 2.88. The number of ether oxygens (including phenoxy) is 1. The van der Waals surface area contributed by atoms with Gasteiger partial charge in [0.25, 0.3) is 0 Å². The first-order chi connectivity index (χ1) is 12.2. The Morgan fingerprint density at radius 3 is 2.69 bits per heavy atom. The Morgan fingerprint density at radius 2 is 2.04 bits per heavy atom. The first-order valence-corrected chi connectivity index (χ1v) is 8.71. The van der Waals surface area contributed by atoms with Crippen molar-refractivity contribution in [1.29, 1.82) is 0 Å². The summed E-state index contributed by atoms with van der Waals surface area (Å²) in [6.07, 6.45) is 2.75. The normalized spacial score (nSPS) is 18.5. The number of nitrogens with one attached hydrogen (secondary N) is 1. The van der Waals surface area contributed by atoms with E-state index in [0.717, 1.165) is 37.7 Å². The fourth-order valence-electron chi connectivity index (χ4n) is 2.88. The number of carbonyl (C=O) groups excluding carboxylic acids is 1. The number of hydrogen-bond acceptors (Lipinski definition) is 3. The van der Waals surface area contributed by atoms with Crippen LogP contribution < -0.4 is 10.1 Å². The zero-order valence-electron chi connectivity index (χ0n) is 14.7. The maximum Gasteiger partial charge on any atom is 0.471 e. The van der Waals surface area contributed by atoms with Gasteiger partial charge in [-0.25, -0.2) is 0 Å². The van der Waals surface area contributed by atoms with Gasteiger partial charge >= 0.3 is 12.1 Å². The van der Waals surface area contributed by atoms with Crippen LogP contribution in [0, 0.1) is 0 Å². The zero-order valence-corrected chi connectivity index (χ0v) is 14.7. The van der Waals surface area contributed by atoms with Crippen LogP contribution in [-0.2, 0) is 4.79 Å². The average Bonchev–Trinajstić information content (AvgIpc) is 2.58. The van der Waals surface area contributed by atoms with E-state index < -0.39 is 23.8 Å². The van der Waals surface area contributed by atoms with Crippen molar-refractivity contribution in [3.63, 3.8) is 0 Å². The number of halogens is 3. The second-order valence-corrected chi connectivity index (χ2v) is 6.71. The molecule has 144 valence electrons. The Hall–Kier alpha value is -2.02. The molecule has 1 aromatic carbocycles. The van der Waals surface area contributed by atoms with Crippen LogP contribution in [0.2, 0.25) is 0 Å². The zero-order chi connectivity index (χ0) is 19.2. The van der Waals surface area contributed by atoms with Gasteiger partial charge in [0, 0.05) is 0 Å². The van der Waals surface area contributed by atoms with Crippen molar-refractivity contribution < 1.29 is 27.8 Å². The van der Waals surface area contributed by atoms with Crippen molar-refractivity contribution in [2.75, 3.05) is 6.54 Å². The Kier molecular flexibility index (Phi) is 6.69. The molecule has 4 nitrogen and oxygen atoms in total. The lowest BCUT2D eigenvalue weighted by Crippen LogP contribution is -2.41. The van der Waals surface area contributed by atoms with Crippen LogP contribution in [0.5, 0.6) is 5.75 Å². The molecule has 0 radical (unpaired) electrons. The quantitative estimate of drug-likeness (QED) is 0.799. The molecule has 1 aliphatic carbocycles. The summed E-state index contributed by atoms with van der Waals surface area (Å²) < 4.78 is 42.1. The maximum atomic E-state index is 12.2. The number of carbonyl (C=O) groups is 1. The summed E-state index contributed by atoms with van der Waals surface area (Å²) in [5.74, 6) is -1.50. The predicted octanol–water partition coefficient (Wildman–Crippen LogP) is 3.84. The first-order valence-electron chi connectivity index (χ1n) is 8.71. The van der Waals surface area contributed by atoms with Crippen molar-refractivity contribution in [2.24, 2.45) is 0 Å². The molecule has 1 atom stereocenters. The fraction of sp³-hybridized carbons (Fsp3) is 0.526. The molecular formula is C19H24F3NO3. The lowest BCUT2D eigenvalue weighted by molar-refractivity contribution is -0.173. The highest BCUT2D eigenvalue weighted by molar-refractivity contribution is 5.81. The second kappa shape index (κ2) is 8.58. The van der Waals surface area contributed by atoms with Crippen molar-refractivity contribution in [3.05, 3.63) is 35.9 Å². The van der Waals surface area contributed by atoms with E-state index in [1.54, 1.807) is 36.5 Å². The monoisotopic (exact) mass is 371 g/mol. The Bertz CT molecular complexity index is 637. The van der Waals surface area contributed by atoms with Gasteiger partial charge in [0.15, 0.2) is 0 Å². The molecule has 7 heteroatoms. The summed E-state index contributed by atoms with van der Waals surface area (Å²) in [4.78, 5) is 10.8. The van der Waals surface area contributed by atoms with Crippen LogP contribution in [0.15, 0.2) is 30.3 Å². The van der Waals surface area contributed by atoms with E-state index in [1.165, 1.54) is 0 Å². The van der Waals surface area contributed by atoms with E-state index in [2.05, 4.69) is 0 Å². The molecular weight excluding hydrogens is 347 g/mol. The van der Waals surface area contributed by atoms with Gasteiger partial charge in [0.1, 0.15) is 11.9 Å². The standard InChI is InChI=1S/C19H24F3NO3/c1-14(13-23-17(24)19(20,21)22)26-16-7-5-6-15(12-16)8-11-18(25)9-3-2-4-10-18/h5-8,11-12,14,25H,2-4,9-10,13H2,1H3,(H,23,24)/b11-8+/t14-/m0/s1. The van der Waals surface area contributed by atoms with Gasteiger partial charge in [-0.3, -0.25) is 4.79 Å². The smallest absolute Gasteiger partial charge is 0.471 e. The molecule has 26 heavy (non-hydrogen) atoms. The van der Waals surface area contributed by atoms with Crippen LogP contribution in [-0.4, -0.2) is 35.4 Å². The molecule has 1 aliphatic rings. The Morgan fingerprint density at radius 1 is 1.35 bits per heavy atom. The first kappa shape index (κ1) is 20.3. The van der Waals surface area contributed by atoms with Crippen molar-refractivity contribution >= 4 is 12.0 Å². The molecule has 0 spiro atoms. The van der Waals surface area contributed by atoms with Crippen LogP contribution in [0.1, 0.15) is 44.6 Å². The molecule has 0 bridgehead atoms. The topological polar surface area (TPSA) is 58.6 Å². The minimum Gasteiger partial charge on any atom is -0.489 e. The highest BCUT2D eigenvalue weighted by Gasteiger charge is 2.38. The third-order valence-electron chi connectivity index (χ3n) is 4.31. The molecule has 1 fully saturated rings. The largest absolute Gasteiger partial charge is 0.489 e. The molecule has 1 amide bonds. The summed E-state index contributed by atoms with van der Waals surface area (Å²) in [5.41, 5.74) is 0.0533. The van der Waals surface area contributed by atoms with Crippen molar-refractivity contribution in [1.82, 2.24) is 5.32 Å². The van der Waals surface area contributed by atoms with Gasteiger partial charge in [0.2, 0.25) is 0 Å². The predicted molar refractivity (Wildman–Crippen MR) is 92.7 cm³/mol. The SMILES string of the molecule is C[C@@H](CNC(=O)C(F)(F)F)Oc1cccc(/C=C/C2(O)CCCCC2)c1. The van der Waals surface area contributed by atoms with E-state index in [-0.39, 0.29) is 6.54 Å². The van der Waals surface area contributed by atoms with Gasteiger partial charge in [-0.05, 0) is 37.5 Å². The maximum absolute atomic E-state index is 12.2. The molecule has 1 aromatic rings. The lowest BCUT2D eigenvalue weighted by atomic mass is 9.84. The summed E-state index contributed by atoms with van der Waals surface area (Å²) in [6.45, 7) is 1.32. The molecule has 0 heterocycles. The van der Waals surface area contributed by atoms with E-state index >= 15 is 0 Å². The van der Waals surface area contributed by atoms with Crippen LogP contribution >= 0.6 is 0 Å². The molecule has 2 rings (SSSR count). The van der Waals surface area contributed by atoms with Crippen molar-refractivity contribution in [2.45, 2.75) is 56.9 Å². The molecule has 0 saturated heterocycles. The van der Waals surface area contributed by atoms with E-state index in [4.69, 9.17) is 4.74 Å². The van der Waals surface area contributed by atoms with Crippen LogP contribution in [0.4, 0.5) is 13.2 Å². The summed E-state index contributed by atoms with van der Waals surface area (Å²) in [6, 6.07) is 7.05. The van der Waals surface area contributed by atoms with E-state index in [1.807, 2.05) is 12.1 Å². The number of hydrogen-bond donors (Lipinski definition) is 2.